The van der Waals surface area contributed by atoms with Gasteiger partial charge in [0.15, 0.2) is 17.3 Å². The summed E-state index contributed by atoms with van der Waals surface area (Å²) in [6.45, 7) is 0.0704. The van der Waals surface area contributed by atoms with Gasteiger partial charge in [-0.2, -0.15) is 5.10 Å². The molecule has 0 fully saturated rings. The number of carbonyl (C=O) groups excluding carboxylic acids is 1. The summed E-state index contributed by atoms with van der Waals surface area (Å²) in [5.74, 6) is -3.29. The molecule has 1 aromatic carbocycles. The SMILES string of the molecule is CN(CCC(=O)O)C(=O)c1nn(-c2ccc(F)c(F)c2)c2c1CCC2. The molecule has 1 aliphatic rings. The molecule has 1 aromatic heterocycles. The van der Waals surface area contributed by atoms with Crippen LogP contribution in [0.3, 0.4) is 0 Å². The molecule has 0 unspecified atom stereocenters. The van der Waals surface area contributed by atoms with E-state index in [4.69, 9.17) is 5.11 Å². The second-order valence-corrected chi connectivity index (χ2v) is 6.01. The number of halogens is 2. The fourth-order valence-electron chi connectivity index (χ4n) is 2.99. The van der Waals surface area contributed by atoms with Gasteiger partial charge in [-0.25, -0.2) is 13.5 Å². The first-order chi connectivity index (χ1) is 11.9. The number of rotatable bonds is 5. The molecule has 0 aliphatic heterocycles. The third-order valence-electron chi connectivity index (χ3n) is 4.29. The number of aliphatic carboxylic acids is 1. The summed E-state index contributed by atoms with van der Waals surface area (Å²) in [6, 6.07) is 3.48. The first-order valence-corrected chi connectivity index (χ1v) is 7.92. The smallest absolute Gasteiger partial charge is 0.305 e. The minimum Gasteiger partial charge on any atom is -0.481 e. The van der Waals surface area contributed by atoms with Crippen LogP contribution in [0.1, 0.15) is 34.6 Å². The molecule has 1 aliphatic carbocycles. The van der Waals surface area contributed by atoms with Gasteiger partial charge in [-0.05, 0) is 31.4 Å². The van der Waals surface area contributed by atoms with Gasteiger partial charge in [0, 0.05) is 30.9 Å². The largest absolute Gasteiger partial charge is 0.481 e. The van der Waals surface area contributed by atoms with Crippen LogP contribution in [0.5, 0.6) is 0 Å². The quantitative estimate of drug-likeness (QED) is 0.898. The van der Waals surface area contributed by atoms with E-state index >= 15 is 0 Å². The Bertz CT molecular complexity index is 848. The number of aromatic nitrogens is 2. The van der Waals surface area contributed by atoms with Crippen LogP contribution in [-0.4, -0.2) is 45.3 Å². The maximum atomic E-state index is 13.5. The highest BCUT2D eigenvalue weighted by molar-refractivity contribution is 5.94. The molecule has 0 radical (unpaired) electrons. The van der Waals surface area contributed by atoms with Crippen LogP contribution < -0.4 is 0 Å². The lowest BCUT2D eigenvalue weighted by molar-refractivity contribution is -0.137. The number of carbonyl (C=O) groups is 2. The second-order valence-electron chi connectivity index (χ2n) is 6.01. The zero-order chi connectivity index (χ0) is 18.1. The maximum Gasteiger partial charge on any atom is 0.305 e. The Morgan fingerprint density at radius 2 is 2.04 bits per heavy atom. The van der Waals surface area contributed by atoms with Crippen molar-refractivity contribution >= 4 is 11.9 Å². The van der Waals surface area contributed by atoms with Gasteiger partial charge in [-0.15, -0.1) is 0 Å². The zero-order valence-electron chi connectivity index (χ0n) is 13.6. The lowest BCUT2D eigenvalue weighted by atomic mass is 10.2. The Morgan fingerprint density at radius 3 is 2.72 bits per heavy atom. The highest BCUT2D eigenvalue weighted by Crippen LogP contribution is 2.29. The van der Waals surface area contributed by atoms with Crippen molar-refractivity contribution in [3.05, 3.63) is 46.8 Å². The molecule has 0 saturated heterocycles. The number of carboxylic acids is 1. The van der Waals surface area contributed by atoms with Crippen molar-refractivity contribution < 1.29 is 23.5 Å². The van der Waals surface area contributed by atoms with Gasteiger partial charge in [0.1, 0.15) is 0 Å². The van der Waals surface area contributed by atoms with Crippen LogP contribution in [0, 0.1) is 11.6 Å². The van der Waals surface area contributed by atoms with E-state index in [-0.39, 0.29) is 24.6 Å². The van der Waals surface area contributed by atoms with Crippen LogP contribution >= 0.6 is 0 Å². The summed E-state index contributed by atoms with van der Waals surface area (Å²) in [6.07, 6.45) is 2.05. The zero-order valence-corrected chi connectivity index (χ0v) is 13.6. The van der Waals surface area contributed by atoms with Crippen molar-refractivity contribution in [2.75, 3.05) is 13.6 Å². The number of hydrogen-bond acceptors (Lipinski definition) is 3. The summed E-state index contributed by atoms with van der Waals surface area (Å²) in [4.78, 5) is 24.6. The lowest BCUT2D eigenvalue weighted by Gasteiger charge is -2.15. The van der Waals surface area contributed by atoms with Crippen LogP contribution in [0.2, 0.25) is 0 Å². The van der Waals surface area contributed by atoms with Gasteiger partial charge in [-0.3, -0.25) is 9.59 Å². The second kappa shape index (κ2) is 6.62. The van der Waals surface area contributed by atoms with Crippen molar-refractivity contribution in [1.82, 2.24) is 14.7 Å². The minimum absolute atomic E-state index is 0.0704. The molecule has 3 rings (SSSR count). The molecule has 1 amide bonds. The van der Waals surface area contributed by atoms with Crippen molar-refractivity contribution in [2.45, 2.75) is 25.7 Å². The van der Waals surface area contributed by atoms with Crippen molar-refractivity contribution in [3.8, 4) is 5.69 Å². The molecule has 0 spiro atoms. The van der Waals surface area contributed by atoms with Crippen LogP contribution in [0.15, 0.2) is 18.2 Å². The first-order valence-electron chi connectivity index (χ1n) is 7.92. The molecule has 2 aromatic rings. The third kappa shape index (κ3) is 3.24. The predicted molar refractivity (Wildman–Crippen MR) is 84.7 cm³/mol. The predicted octanol–water partition coefficient (Wildman–Crippen LogP) is 2.19. The van der Waals surface area contributed by atoms with Crippen LogP contribution in [0.25, 0.3) is 5.69 Å². The van der Waals surface area contributed by atoms with Crippen molar-refractivity contribution in [2.24, 2.45) is 0 Å². The minimum atomic E-state index is -0.989. The number of fused-ring (bicyclic) bond motifs is 1. The summed E-state index contributed by atoms with van der Waals surface area (Å²) in [5.41, 5.74) is 2.19. The topological polar surface area (TPSA) is 75.4 Å². The molecular formula is C17H17F2N3O3. The number of hydrogen-bond donors (Lipinski definition) is 1. The van der Waals surface area contributed by atoms with E-state index in [2.05, 4.69) is 5.10 Å². The third-order valence-corrected chi connectivity index (χ3v) is 4.29. The lowest BCUT2D eigenvalue weighted by Crippen LogP contribution is -2.30. The van der Waals surface area contributed by atoms with E-state index in [1.807, 2.05) is 0 Å². The maximum absolute atomic E-state index is 13.5. The summed E-state index contributed by atoms with van der Waals surface area (Å²) in [7, 11) is 1.52. The normalized spacial score (nSPS) is 12.9. The Labute approximate surface area is 142 Å². The van der Waals surface area contributed by atoms with Gasteiger partial charge in [0.25, 0.3) is 5.91 Å². The summed E-state index contributed by atoms with van der Waals surface area (Å²) in [5, 5.41) is 13.1. The monoisotopic (exact) mass is 349 g/mol. The molecule has 0 atom stereocenters. The Kier molecular flexibility index (Phi) is 4.52. The molecule has 25 heavy (non-hydrogen) atoms. The summed E-state index contributed by atoms with van der Waals surface area (Å²) < 4.78 is 28.2. The Morgan fingerprint density at radius 1 is 1.28 bits per heavy atom. The molecule has 132 valence electrons. The van der Waals surface area contributed by atoms with Crippen LogP contribution in [-0.2, 0) is 17.6 Å². The van der Waals surface area contributed by atoms with Crippen molar-refractivity contribution in [3.63, 3.8) is 0 Å². The Hall–Kier alpha value is -2.77. The van der Waals surface area contributed by atoms with E-state index in [0.29, 0.717) is 18.5 Å². The molecule has 0 saturated carbocycles. The van der Waals surface area contributed by atoms with Crippen LogP contribution in [0.4, 0.5) is 8.78 Å². The van der Waals surface area contributed by atoms with Gasteiger partial charge < -0.3 is 10.0 Å². The average Bonchev–Trinajstić information content (AvgIpc) is 3.17. The highest BCUT2D eigenvalue weighted by atomic mass is 19.2. The fourth-order valence-corrected chi connectivity index (χ4v) is 2.99. The number of benzene rings is 1. The van der Waals surface area contributed by atoms with Gasteiger partial charge in [0.05, 0.1) is 12.1 Å². The average molecular weight is 349 g/mol. The molecule has 1 N–H and O–H groups in total. The molecule has 8 heteroatoms. The standard InChI is InChI=1S/C17H17F2N3O3/c1-21(8-7-15(23)24)17(25)16-11-3-2-4-14(11)22(20-16)10-5-6-12(18)13(19)9-10/h5-6,9H,2-4,7-8H2,1H3,(H,23,24). The summed E-state index contributed by atoms with van der Waals surface area (Å²) >= 11 is 0. The van der Waals surface area contributed by atoms with E-state index in [0.717, 1.165) is 29.8 Å². The van der Waals surface area contributed by atoms with E-state index in [1.54, 1.807) is 0 Å². The van der Waals surface area contributed by atoms with Gasteiger partial charge in [-0.1, -0.05) is 0 Å². The molecule has 1 heterocycles. The molecule has 0 bridgehead atoms. The molecule has 6 nitrogen and oxygen atoms in total. The first kappa shape index (κ1) is 17.1. The van der Waals surface area contributed by atoms with E-state index in [1.165, 1.54) is 22.7 Å². The number of nitrogens with zero attached hydrogens (tertiary/aromatic N) is 3. The Balaban J connectivity index is 1.95. The van der Waals surface area contributed by atoms with E-state index in [9.17, 15) is 18.4 Å². The van der Waals surface area contributed by atoms with Gasteiger partial charge in [0.2, 0.25) is 0 Å². The van der Waals surface area contributed by atoms with Gasteiger partial charge >= 0.3 is 5.97 Å². The van der Waals surface area contributed by atoms with Crippen molar-refractivity contribution in [1.29, 1.82) is 0 Å². The fraction of sp³-hybridized carbons (Fsp3) is 0.353. The molecular weight excluding hydrogens is 332 g/mol. The van der Waals surface area contributed by atoms with E-state index < -0.39 is 17.6 Å². The number of carboxylic acid groups (broad SMARTS) is 1. The number of amides is 1. The highest BCUT2D eigenvalue weighted by Gasteiger charge is 2.28.